The molecular formula is C19H26N2O2. The Hall–Kier alpha value is -1.39. The molecule has 2 atom stereocenters. The molecule has 1 aromatic rings. The minimum atomic E-state index is -0.0785. The number of benzene rings is 1. The van der Waals surface area contributed by atoms with Crippen molar-refractivity contribution in [3.8, 4) is 0 Å². The first-order valence-corrected chi connectivity index (χ1v) is 8.99. The highest BCUT2D eigenvalue weighted by Gasteiger charge is 2.45. The summed E-state index contributed by atoms with van der Waals surface area (Å²) in [5.74, 6) is 0.129. The average molecular weight is 314 g/mol. The Morgan fingerprint density at radius 1 is 1.13 bits per heavy atom. The van der Waals surface area contributed by atoms with Gasteiger partial charge < -0.3 is 15.4 Å². The van der Waals surface area contributed by atoms with Crippen LogP contribution >= 0.6 is 0 Å². The van der Waals surface area contributed by atoms with E-state index in [1.54, 1.807) is 0 Å². The Morgan fingerprint density at radius 2 is 1.96 bits per heavy atom. The zero-order valence-corrected chi connectivity index (χ0v) is 13.6. The third-order valence-electron chi connectivity index (χ3n) is 6.09. The van der Waals surface area contributed by atoms with E-state index in [1.165, 1.54) is 24.8 Å². The van der Waals surface area contributed by atoms with Crippen LogP contribution in [0.1, 0.15) is 44.1 Å². The Bertz CT molecular complexity index is 580. The number of fused-ring (bicyclic) bond motifs is 1. The van der Waals surface area contributed by atoms with Gasteiger partial charge in [-0.25, -0.2) is 0 Å². The number of carbonyl (C=O) groups is 1. The third kappa shape index (κ3) is 2.90. The van der Waals surface area contributed by atoms with Gasteiger partial charge in [0.15, 0.2) is 0 Å². The van der Waals surface area contributed by atoms with Crippen LogP contribution in [0.2, 0.25) is 0 Å². The molecule has 1 amide bonds. The van der Waals surface area contributed by atoms with Crippen LogP contribution in [0.4, 0.5) is 5.69 Å². The van der Waals surface area contributed by atoms with Crippen molar-refractivity contribution in [3.63, 3.8) is 0 Å². The van der Waals surface area contributed by atoms with E-state index in [4.69, 9.17) is 4.74 Å². The number of amides is 1. The normalized spacial score (nSPS) is 29.8. The summed E-state index contributed by atoms with van der Waals surface area (Å²) in [5.41, 5.74) is 2.59. The van der Waals surface area contributed by atoms with Crippen molar-refractivity contribution in [1.82, 2.24) is 5.32 Å². The minimum absolute atomic E-state index is 0.0785. The standard InChI is InChI=1S/C19H26N2O2/c22-18-16(8-7-14-4-1-2-5-15(14)21-18)20-17-6-3-9-19(17)10-12-23-13-11-19/h1-2,4-5,16-17,20H,3,6-13H2,(H,21,22). The van der Waals surface area contributed by atoms with Gasteiger partial charge in [-0.3, -0.25) is 4.79 Å². The van der Waals surface area contributed by atoms with Crippen LogP contribution in [0.5, 0.6) is 0 Å². The summed E-state index contributed by atoms with van der Waals surface area (Å²) < 4.78 is 5.57. The van der Waals surface area contributed by atoms with Crippen molar-refractivity contribution < 1.29 is 9.53 Å². The molecule has 0 radical (unpaired) electrons. The predicted octanol–water partition coefficient (Wildman–Crippen LogP) is 2.88. The van der Waals surface area contributed by atoms with E-state index in [0.717, 1.165) is 44.6 Å². The summed E-state index contributed by atoms with van der Waals surface area (Å²) in [6.45, 7) is 1.75. The largest absolute Gasteiger partial charge is 0.381 e. The molecule has 2 N–H and O–H groups in total. The molecule has 4 rings (SSSR count). The van der Waals surface area contributed by atoms with Gasteiger partial charge in [0.2, 0.25) is 5.91 Å². The fourth-order valence-electron chi connectivity index (χ4n) is 4.69. The smallest absolute Gasteiger partial charge is 0.241 e. The van der Waals surface area contributed by atoms with E-state index < -0.39 is 0 Å². The molecule has 4 nitrogen and oxygen atoms in total. The van der Waals surface area contributed by atoms with E-state index in [-0.39, 0.29) is 11.9 Å². The SMILES string of the molecule is O=C1Nc2ccccc2CCC1NC1CCCC12CCOCC2. The first-order chi connectivity index (χ1) is 11.3. The van der Waals surface area contributed by atoms with Crippen LogP contribution < -0.4 is 10.6 Å². The molecule has 1 spiro atoms. The second-order valence-electron chi connectivity index (χ2n) is 7.32. The van der Waals surface area contributed by atoms with E-state index in [9.17, 15) is 4.79 Å². The monoisotopic (exact) mass is 314 g/mol. The maximum Gasteiger partial charge on any atom is 0.241 e. The number of nitrogens with one attached hydrogen (secondary N) is 2. The molecule has 2 fully saturated rings. The summed E-state index contributed by atoms with van der Waals surface area (Å²) >= 11 is 0. The number of anilines is 1. The molecule has 1 aliphatic carbocycles. The van der Waals surface area contributed by atoms with Crippen molar-refractivity contribution in [2.24, 2.45) is 5.41 Å². The number of aryl methyl sites for hydroxylation is 1. The molecule has 1 saturated carbocycles. The molecule has 4 heteroatoms. The van der Waals surface area contributed by atoms with Crippen molar-refractivity contribution in [2.75, 3.05) is 18.5 Å². The summed E-state index contributed by atoms with van der Waals surface area (Å²) in [7, 11) is 0. The summed E-state index contributed by atoms with van der Waals surface area (Å²) in [4.78, 5) is 12.6. The molecule has 1 saturated heterocycles. The number of rotatable bonds is 2. The number of hydrogen-bond acceptors (Lipinski definition) is 3. The molecule has 2 unspecified atom stereocenters. The third-order valence-corrected chi connectivity index (χ3v) is 6.09. The zero-order chi connectivity index (χ0) is 15.7. The second kappa shape index (κ2) is 6.25. The lowest BCUT2D eigenvalue weighted by Gasteiger charge is -2.40. The topological polar surface area (TPSA) is 50.4 Å². The fraction of sp³-hybridized carbons (Fsp3) is 0.632. The van der Waals surface area contributed by atoms with Gasteiger partial charge in [-0.2, -0.15) is 0 Å². The van der Waals surface area contributed by atoms with E-state index in [2.05, 4.69) is 16.7 Å². The Morgan fingerprint density at radius 3 is 2.83 bits per heavy atom. The van der Waals surface area contributed by atoms with Crippen LogP contribution in [0, 0.1) is 5.41 Å². The zero-order valence-electron chi connectivity index (χ0n) is 13.6. The van der Waals surface area contributed by atoms with Gasteiger partial charge in [-0.15, -0.1) is 0 Å². The van der Waals surface area contributed by atoms with Gasteiger partial charge >= 0.3 is 0 Å². The first kappa shape index (κ1) is 15.2. The van der Waals surface area contributed by atoms with Gasteiger partial charge in [0.25, 0.3) is 0 Å². The summed E-state index contributed by atoms with van der Waals surface area (Å²) in [5, 5.41) is 6.85. The maximum atomic E-state index is 12.6. The lowest BCUT2D eigenvalue weighted by Crippen LogP contribution is -2.52. The quantitative estimate of drug-likeness (QED) is 0.882. The summed E-state index contributed by atoms with van der Waals surface area (Å²) in [6, 6.07) is 8.54. The molecule has 23 heavy (non-hydrogen) atoms. The van der Waals surface area contributed by atoms with Crippen LogP contribution in [0.3, 0.4) is 0 Å². The molecule has 2 heterocycles. The van der Waals surface area contributed by atoms with Crippen molar-refractivity contribution >= 4 is 11.6 Å². The van der Waals surface area contributed by atoms with Gasteiger partial charge in [0.05, 0.1) is 6.04 Å². The Balaban J connectivity index is 1.47. The maximum absolute atomic E-state index is 12.6. The van der Waals surface area contributed by atoms with Crippen LogP contribution in [-0.4, -0.2) is 31.2 Å². The van der Waals surface area contributed by atoms with Crippen LogP contribution in [0.25, 0.3) is 0 Å². The lowest BCUT2D eigenvalue weighted by atomic mass is 9.75. The van der Waals surface area contributed by atoms with Gasteiger partial charge in [0, 0.05) is 24.9 Å². The predicted molar refractivity (Wildman–Crippen MR) is 90.4 cm³/mol. The Kier molecular flexibility index (Phi) is 4.12. The highest BCUT2D eigenvalue weighted by molar-refractivity contribution is 5.96. The molecule has 0 aromatic heterocycles. The number of ether oxygens (including phenoxy) is 1. The van der Waals surface area contributed by atoms with Gasteiger partial charge in [-0.05, 0) is 55.6 Å². The van der Waals surface area contributed by atoms with Gasteiger partial charge in [-0.1, -0.05) is 24.6 Å². The van der Waals surface area contributed by atoms with Crippen LogP contribution in [-0.2, 0) is 16.0 Å². The number of carbonyl (C=O) groups excluding carboxylic acids is 1. The van der Waals surface area contributed by atoms with Gasteiger partial charge in [0.1, 0.15) is 0 Å². The highest BCUT2D eigenvalue weighted by Crippen LogP contribution is 2.46. The molecule has 0 bridgehead atoms. The first-order valence-electron chi connectivity index (χ1n) is 8.99. The van der Waals surface area contributed by atoms with Crippen molar-refractivity contribution in [2.45, 2.75) is 57.0 Å². The second-order valence-corrected chi connectivity index (χ2v) is 7.32. The molecule has 2 aliphatic heterocycles. The van der Waals surface area contributed by atoms with Crippen molar-refractivity contribution in [3.05, 3.63) is 29.8 Å². The minimum Gasteiger partial charge on any atom is -0.381 e. The summed E-state index contributed by atoms with van der Waals surface area (Å²) in [6.07, 6.45) is 7.85. The van der Waals surface area contributed by atoms with Crippen LogP contribution in [0.15, 0.2) is 24.3 Å². The molecule has 124 valence electrons. The molecule has 1 aromatic carbocycles. The number of hydrogen-bond donors (Lipinski definition) is 2. The van der Waals surface area contributed by atoms with E-state index >= 15 is 0 Å². The molecule has 3 aliphatic rings. The molecular weight excluding hydrogens is 288 g/mol. The van der Waals surface area contributed by atoms with E-state index in [1.807, 2.05) is 18.2 Å². The highest BCUT2D eigenvalue weighted by atomic mass is 16.5. The fourth-order valence-corrected chi connectivity index (χ4v) is 4.69. The number of para-hydroxylation sites is 1. The van der Waals surface area contributed by atoms with Crippen molar-refractivity contribution in [1.29, 1.82) is 0 Å². The lowest BCUT2D eigenvalue weighted by molar-refractivity contribution is -0.118. The average Bonchev–Trinajstić information content (AvgIpc) is 2.86. The Labute approximate surface area is 138 Å². The van der Waals surface area contributed by atoms with E-state index in [0.29, 0.717) is 11.5 Å².